The number of benzene rings is 1. The predicted molar refractivity (Wildman–Crippen MR) is 53.4 cm³/mol. The minimum atomic E-state index is -0.226. The fourth-order valence-electron chi connectivity index (χ4n) is 1.42. The van der Waals surface area contributed by atoms with Gasteiger partial charge >= 0.3 is 0 Å². The van der Waals surface area contributed by atoms with Gasteiger partial charge in [0.2, 0.25) is 0 Å². The SMILES string of the molecule is NCCCn1cc2cc(F)ccc2n1. The first kappa shape index (κ1) is 9.15. The Morgan fingerprint density at radius 1 is 1.43 bits per heavy atom. The van der Waals surface area contributed by atoms with E-state index in [0.29, 0.717) is 6.54 Å². The summed E-state index contributed by atoms with van der Waals surface area (Å²) >= 11 is 0. The first-order valence-electron chi connectivity index (χ1n) is 4.62. The molecule has 1 heterocycles. The maximum absolute atomic E-state index is 12.8. The van der Waals surface area contributed by atoms with E-state index in [4.69, 9.17) is 5.73 Å². The van der Waals surface area contributed by atoms with Gasteiger partial charge in [-0.1, -0.05) is 0 Å². The smallest absolute Gasteiger partial charge is 0.124 e. The number of hydrogen-bond acceptors (Lipinski definition) is 2. The number of nitrogens with zero attached hydrogens (tertiary/aromatic N) is 2. The van der Waals surface area contributed by atoms with E-state index in [-0.39, 0.29) is 5.82 Å². The normalized spacial score (nSPS) is 11.0. The molecule has 1 aromatic heterocycles. The number of hydrogen-bond donors (Lipinski definition) is 1. The Morgan fingerprint density at radius 3 is 3.07 bits per heavy atom. The highest BCUT2D eigenvalue weighted by Crippen LogP contribution is 2.13. The number of halogens is 1. The summed E-state index contributed by atoms with van der Waals surface area (Å²) in [6.45, 7) is 1.43. The molecule has 0 saturated heterocycles. The van der Waals surface area contributed by atoms with Crippen molar-refractivity contribution < 1.29 is 4.39 Å². The topological polar surface area (TPSA) is 43.8 Å². The molecule has 0 aliphatic carbocycles. The zero-order valence-corrected chi connectivity index (χ0v) is 7.78. The number of nitrogens with two attached hydrogens (primary N) is 1. The van der Waals surface area contributed by atoms with Gasteiger partial charge in [0, 0.05) is 18.1 Å². The van der Waals surface area contributed by atoms with Crippen LogP contribution in [0.4, 0.5) is 4.39 Å². The van der Waals surface area contributed by atoms with E-state index in [1.54, 1.807) is 10.7 Å². The first-order valence-corrected chi connectivity index (χ1v) is 4.62. The molecule has 0 amide bonds. The van der Waals surface area contributed by atoms with Gasteiger partial charge in [-0.25, -0.2) is 4.39 Å². The molecule has 0 atom stereocenters. The fourth-order valence-corrected chi connectivity index (χ4v) is 1.42. The summed E-state index contributed by atoms with van der Waals surface area (Å²) in [5.74, 6) is -0.226. The Morgan fingerprint density at radius 2 is 2.29 bits per heavy atom. The molecule has 2 rings (SSSR count). The van der Waals surface area contributed by atoms with E-state index in [9.17, 15) is 4.39 Å². The van der Waals surface area contributed by atoms with Crippen LogP contribution in [0.25, 0.3) is 10.9 Å². The zero-order chi connectivity index (χ0) is 9.97. The maximum Gasteiger partial charge on any atom is 0.124 e. The standard InChI is InChI=1S/C10H12FN3/c11-9-2-3-10-8(6-9)7-14(13-10)5-1-4-12/h2-3,6-7H,1,4-5,12H2. The van der Waals surface area contributed by atoms with Crippen molar-refractivity contribution in [1.82, 2.24) is 9.78 Å². The molecule has 74 valence electrons. The summed E-state index contributed by atoms with van der Waals surface area (Å²) in [6.07, 6.45) is 2.73. The molecule has 0 radical (unpaired) electrons. The van der Waals surface area contributed by atoms with Crippen molar-refractivity contribution in [2.24, 2.45) is 5.73 Å². The molecule has 0 spiro atoms. The van der Waals surface area contributed by atoms with E-state index < -0.39 is 0 Å². The van der Waals surface area contributed by atoms with Gasteiger partial charge in [-0.2, -0.15) is 5.10 Å². The second-order valence-electron chi connectivity index (χ2n) is 3.24. The largest absolute Gasteiger partial charge is 0.330 e. The van der Waals surface area contributed by atoms with E-state index in [0.717, 1.165) is 23.9 Å². The van der Waals surface area contributed by atoms with Gasteiger partial charge in [0.05, 0.1) is 5.52 Å². The Hall–Kier alpha value is -1.42. The van der Waals surface area contributed by atoms with Crippen LogP contribution in [0.1, 0.15) is 6.42 Å². The summed E-state index contributed by atoms with van der Waals surface area (Å²) in [5, 5.41) is 5.12. The van der Waals surface area contributed by atoms with E-state index in [2.05, 4.69) is 5.10 Å². The molecule has 1 aromatic carbocycles. The van der Waals surface area contributed by atoms with Crippen LogP contribution >= 0.6 is 0 Å². The predicted octanol–water partition coefficient (Wildman–Crippen LogP) is 1.52. The van der Waals surface area contributed by atoms with Gasteiger partial charge in [-0.05, 0) is 31.2 Å². The molecule has 2 N–H and O–H groups in total. The summed E-state index contributed by atoms with van der Waals surface area (Å²) in [6, 6.07) is 4.59. The van der Waals surface area contributed by atoms with Crippen molar-refractivity contribution in [2.75, 3.05) is 6.54 Å². The van der Waals surface area contributed by atoms with Crippen molar-refractivity contribution in [2.45, 2.75) is 13.0 Å². The molecule has 2 aromatic rings. The van der Waals surface area contributed by atoms with Gasteiger partial charge in [0.1, 0.15) is 5.82 Å². The van der Waals surface area contributed by atoms with Crippen LogP contribution in [-0.2, 0) is 6.54 Å². The van der Waals surface area contributed by atoms with Crippen LogP contribution in [0.2, 0.25) is 0 Å². The molecule has 0 aliphatic heterocycles. The molecular formula is C10H12FN3. The van der Waals surface area contributed by atoms with Crippen molar-refractivity contribution in [1.29, 1.82) is 0 Å². The number of aromatic nitrogens is 2. The van der Waals surface area contributed by atoms with Crippen LogP contribution in [0.3, 0.4) is 0 Å². The molecule has 0 saturated carbocycles. The second-order valence-corrected chi connectivity index (χ2v) is 3.24. The number of fused-ring (bicyclic) bond motifs is 1. The lowest BCUT2D eigenvalue weighted by atomic mass is 10.2. The van der Waals surface area contributed by atoms with Crippen LogP contribution in [0, 0.1) is 5.82 Å². The maximum atomic E-state index is 12.8. The van der Waals surface area contributed by atoms with E-state index in [1.165, 1.54) is 12.1 Å². The lowest BCUT2D eigenvalue weighted by Gasteiger charge is -1.96. The van der Waals surface area contributed by atoms with Crippen molar-refractivity contribution >= 4 is 10.9 Å². The summed E-state index contributed by atoms with van der Waals surface area (Å²) in [5.41, 5.74) is 6.22. The monoisotopic (exact) mass is 193 g/mol. The van der Waals surface area contributed by atoms with E-state index in [1.807, 2.05) is 6.20 Å². The fraction of sp³-hybridized carbons (Fsp3) is 0.300. The minimum Gasteiger partial charge on any atom is -0.330 e. The quantitative estimate of drug-likeness (QED) is 0.803. The van der Waals surface area contributed by atoms with Gasteiger partial charge in [-0.15, -0.1) is 0 Å². The van der Waals surface area contributed by atoms with E-state index >= 15 is 0 Å². The second kappa shape index (κ2) is 3.75. The average Bonchev–Trinajstić information content (AvgIpc) is 2.56. The lowest BCUT2D eigenvalue weighted by Crippen LogP contribution is -2.05. The zero-order valence-electron chi connectivity index (χ0n) is 7.78. The third-order valence-electron chi connectivity index (χ3n) is 2.11. The van der Waals surface area contributed by atoms with Crippen molar-refractivity contribution in [3.8, 4) is 0 Å². The highest BCUT2D eigenvalue weighted by molar-refractivity contribution is 5.77. The van der Waals surface area contributed by atoms with Crippen LogP contribution in [-0.4, -0.2) is 16.3 Å². The van der Waals surface area contributed by atoms with Gasteiger partial charge < -0.3 is 5.73 Å². The summed E-state index contributed by atoms with van der Waals surface area (Å²) in [7, 11) is 0. The molecular weight excluding hydrogens is 181 g/mol. The van der Waals surface area contributed by atoms with Crippen molar-refractivity contribution in [3.63, 3.8) is 0 Å². The highest BCUT2D eigenvalue weighted by atomic mass is 19.1. The number of aryl methyl sites for hydroxylation is 1. The van der Waals surface area contributed by atoms with Gasteiger partial charge in [-0.3, -0.25) is 4.68 Å². The molecule has 0 unspecified atom stereocenters. The van der Waals surface area contributed by atoms with Crippen LogP contribution in [0.5, 0.6) is 0 Å². The molecule has 0 bridgehead atoms. The molecule has 14 heavy (non-hydrogen) atoms. The molecule has 4 heteroatoms. The third-order valence-corrected chi connectivity index (χ3v) is 2.11. The Bertz CT molecular complexity index is 436. The Balaban J connectivity index is 2.32. The number of rotatable bonds is 3. The highest BCUT2D eigenvalue weighted by Gasteiger charge is 2.00. The molecule has 3 nitrogen and oxygen atoms in total. The van der Waals surface area contributed by atoms with Crippen molar-refractivity contribution in [3.05, 3.63) is 30.2 Å². The van der Waals surface area contributed by atoms with Crippen LogP contribution < -0.4 is 5.73 Å². The van der Waals surface area contributed by atoms with Gasteiger partial charge in [0.25, 0.3) is 0 Å². The summed E-state index contributed by atoms with van der Waals surface area (Å²) < 4.78 is 14.6. The van der Waals surface area contributed by atoms with Crippen LogP contribution in [0.15, 0.2) is 24.4 Å². The first-order chi connectivity index (χ1) is 6.79. The third kappa shape index (κ3) is 1.75. The molecule has 0 fully saturated rings. The Labute approximate surface area is 81.3 Å². The average molecular weight is 193 g/mol. The van der Waals surface area contributed by atoms with Gasteiger partial charge in [0.15, 0.2) is 0 Å². The lowest BCUT2D eigenvalue weighted by molar-refractivity contribution is 0.590. The summed E-state index contributed by atoms with van der Waals surface area (Å²) in [4.78, 5) is 0. The molecule has 0 aliphatic rings. The Kier molecular flexibility index (Phi) is 2.45. The minimum absolute atomic E-state index is 0.226.